The van der Waals surface area contributed by atoms with Crippen molar-refractivity contribution in [2.45, 2.75) is 44.2 Å². The van der Waals surface area contributed by atoms with Crippen molar-refractivity contribution in [1.82, 2.24) is 14.7 Å². The molecule has 0 aromatic rings. The molecule has 2 aliphatic heterocycles. The van der Waals surface area contributed by atoms with Crippen LogP contribution in [0.1, 0.15) is 32.1 Å². The minimum absolute atomic E-state index is 0.0588. The van der Waals surface area contributed by atoms with Gasteiger partial charge in [0.1, 0.15) is 6.04 Å². The van der Waals surface area contributed by atoms with E-state index in [4.69, 9.17) is 0 Å². The van der Waals surface area contributed by atoms with E-state index in [2.05, 4.69) is 0 Å². The summed E-state index contributed by atoms with van der Waals surface area (Å²) in [5.74, 6) is 0.392. The van der Waals surface area contributed by atoms with Crippen LogP contribution in [0.4, 0.5) is 4.79 Å². The molecule has 1 saturated carbocycles. The first-order valence-corrected chi connectivity index (χ1v) is 9.43. The SMILES string of the molecule is CSCC(=O)N1CCN2C(=O)N(C3CCCCC3)C(=O)[C@@H]2C1. The molecule has 0 unspecified atom stereocenters. The Labute approximate surface area is 135 Å². The minimum atomic E-state index is -0.464. The molecule has 0 spiro atoms. The molecular weight excluding hydrogens is 302 g/mol. The van der Waals surface area contributed by atoms with Crippen LogP contribution in [0, 0.1) is 0 Å². The molecule has 22 heavy (non-hydrogen) atoms. The van der Waals surface area contributed by atoms with Crippen LogP contribution in [-0.4, -0.2) is 76.3 Å². The van der Waals surface area contributed by atoms with Crippen molar-refractivity contribution in [1.29, 1.82) is 0 Å². The second kappa shape index (κ2) is 6.48. The zero-order valence-electron chi connectivity index (χ0n) is 13.0. The standard InChI is InChI=1S/C15H23N3O3S/c1-22-10-13(19)16-7-8-17-12(9-16)14(20)18(15(17)21)11-5-3-2-4-6-11/h11-12H,2-10H2,1H3/t12-/m0/s1. The number of thioether (sulfide) groups is 1. The van der Waals surface area contributed by atoms with Crippen LogP contribution in [-0.2, 0) is 9.59 Å². The highest BCUT2D eigenvalue weighted by Gasteiger charge is 2.50. The number of piperazine rings is 1. The summed E-state index contributed by atoms with van der Waals surface area (Å²) in [4.78, 5) is 42.2. The lowest BCUT2D eigenvalue weighted by Crippen LogP contribution is -2.55. The van der Waals surface area contributed by atoms with Crippen LogP contribution in [0.15, 0.2) is 0 Å². The Kier molecular flexibility index (Phi) is 4.61. The Morgan fingerprint density at radius 1 is 1.18 bits per heavy atom. The fourth-order valence-corrected chi connectivity index (χ4v) is 4.16. The predicted molar refractivity (Wildman–Crippen MR) is 84.6 cm³/mol. The highest BCUT2D eigenvalue weighted by molar-refractivity contribution is 7.99. The number of nitrogens with zero attached hydrogens (tertiary/aromatic N) is 3. The van der Waals surface area contributed by atoms with Crippen molar-refractivity contribution in [3.63, 3.8) is 0 Å². The molecule has 122 valence electrons. The molecule has 6 nitrogen and oxygen atoms in total. The predicted octanol–water partition coefficient (Wildman–Crippen LogP) is 1.16. The van der Waals surface area contributed by atoms with Gasteiger partial charge in [0, 0.05) is 19.1 Å². The summed E-state index contributed by atoms with van der Waals surface area (Å²) in [5.41, 5.74) is 0. The number of amides is 4. The second-order valence-electron chi connectivity index (χ2n) is 6.26. The van der Waals surface area contributed by atoms with Gasteiger partial charge in [-0.3, -0.25) is 14.5 Å². The molecule has 4 amide bonds. The average Bonchev–Trinajstić information content (AvgIpc) is 2.79. The molecular formula is C15H23N3O3S. The normalized spacial score (nSPS) is 26.6. The first-order valence-electron chi connectivity index (χ1n) is 8.04. The number of fused-ring (bicyclic) bond motifs is 1. The number of hydrogen-bond acceptors (Lipinski definition) is 4. The number of carbonyl (C=O) groups is 3. The first-order chi connectivity index (χ1) is 10.6. The Bertz CT molecular complexity index is 479. The maximum atomic E-state index is 12.7. The van der Waals surface area contributed by atoms with Crippen molar-refractivity contribution in [3.05, 3.63) is 0 Å². The van der Waals surface area contributed by atoms with Gasteiger partial charge in [0.2, 0.25) is 5.91 Å². The van der Waals surface area contributed by atoms with E-state index in [0.29, 0.717) is 25.4 Å². The topological polar surface area (TPSA) is 60.9 Å². The van der Waals surface area contributed by atoms with Gasteiger partial charge in [0.25, 0.3) is 5.91 Å². The molecule has 0 radical (unpaired) electrons. The van der Waals surface area contributed by atoms with Gasteiger partial charge in [-0.15, -0.1) is 0 Å². The quantitative estimate of drug-likeness (QED) is 0.731. The minimum Gasteiger partial charge on any atom is -0.338 e. The van der Waals surface area contributed by atoms with Gasteiger partial charge in [-0.25, -0.2) is 4.79 Å². The van der Waals surface area contributed by atoms with Crippen LogP contribution in [0.3, 0.4) is 0 Å². The van der Waals surface area contributed by atoms with Crippen molar-refractivity contribution in [2.75, 3.05) is 31.6 Å². The molecule has 3 aliphatic rings. The summed E-state index contributed by atoms with van der Waals surface area (Å²) in [6, 6.07) is -0.539. The smallest absolute Gasteiger partial charge is 0.327 e. The maximum absolute atomic E-state index is 12.7. The fraction of sp³-hybridized carbons (Fsp3) is 0.800. The van der Waals surface area contributed by atoms with E-state index >= 15 is 0 Å². The number of hydrogen-bond donors (Lipinski definition) is 0. The van der Waals surface area contributed by atoms with E-state index in [1.165, 1.54) is 23.1 Å². The van der Waals surface area contributed by atoms with Crippen molar-refractivity contribution in [3.8, 4) is 0 Å². The fourth-order valence-electron chi connectivity index (χ4n) is 3.73. The highest BCUT2D eigenvalue weighted by Crippen LogP contribution is 2.30. The molecule has 1 atom stereocenters. The van der Waals surface area contributed by atoms with Gasteiger partial charge in [0.15, 0.2) is 0 Å². The number of imide groups is 1. The summed E-state index contributed by atoms with van der Waals surface area (Å²) in [5, 5.41) is 0. The third-order valence-electron chi connectivity index (χ3n) is 4.92. The molecule has 0 aromatic heterocycles. The highest BCUT2D eigenvalue weighted by atomic mass is 32.2. The average molecular weight is 325 g/mol. The van der Waals surface area contributed by atoms with Gasteiger partial charge < -0.3 is 9.80 Å². The van der Waals surface area contributed by atoms with E-state index in [1.807, 2.05) is 6.26 Å². The molecule has 1 aliphatic carbocycles. The lowest BCUT2D eigenvalue weighted by atomic mass is 9.94. The molecule has 7 heteroatoms. The second-order valence-corrected chi connectivity index (χ2v) is 7.13. The molecule has 0 aromatic carbocycles. The summed E-state index contributed by atoms with van der Waals surface area (Å²) in [6.45, 7) is 1.36. The summed E-state index contributed by atoms with van der Waals surface area (Å²) in [6.07, 6.45) is 7.11. The molecule has 0 bridgehead atoms. The van der Waals surface area contributed by atoms with E-state index in [9.17, 15) is 14.4 Å². The number of carbonyl (C=O) groups excluding carboxylic acids is 3. The van der Waals surface area contributed by atoms with Crippen LogP contribution in [0.5, 0.6) is 0 Å². The van der Waals surface area contributed by atoms with Crippen LogP contribution in [0.2, 0.25) is 0 Å². The van der Waals surface area contributed by atoms with E-state index < -0.39 is 6.04 Å². The Morgan fingerprint density at radius 3 is 2.59 bits per heavy atom. The van der Waals surface area contributed by atoms with Gasteiger partial charge >= 0.3 is 6.03 Å². The molecule has 3 fully saturated rings. The number of rotatable bonds is 3. The lowest BCUT2D eigenvalue weighted by molar-refractivity contribution is -0.135. The Hall–Kier alpha value is -1.24. The Morgan fingerprint density at radius 2 is 1.91 bits per heavy atom. The lowest BCUT2D eigenvalue weighted by Gasteiger charge is -2.35. The molecule has 3 rings (SSSR count). The zero-order valence-corrected chi connectivity index (χ0v) is 13.8. The van der Waals surface area contributed by atoms with Gasteiger partial charge in [0.05, 0.1) is 12.3 Å². The van der Waals surface area contributed by atoms with Gasteiger partial charge in [-0.05, 0) is 19.1 Å². The summed E-state index contributed by atoms with van der Waals surface area (Å²) >= 11 is 1.49. The van der Waals surface area contributed by atoms with Gasteiger partial charge in [-0.1, -0.05) is 19.3 Å². The van der Waals surface area contributed by atoms with Crippen LogP contribution < -0.4 is 0 Å². The molecule has 0 N–H and O–H groups in total. The molecule has 2 heterocycles. The maximum Gasteiger partial charge on any atom is 0.327 e. The van der Waals surface area contributed by atoms with Crippen LogP contribution >= 0.6 is 11.8 Å². The van der Waals surface area contributed by atoms with E-state index in [0.717, 1.165) is 25.7 Å². The van der Waals surface area contributed by atoms with E-state index in [1.54, 1.807) is 9.80 Å². The third kappa shape index (κ3) is 2.71. The third-order valence-corrected chi connectivity index (χ3v) is 5.45. The van der Waals surface area contributed by atoms with E-state index in [-0.39, 0.29) is 23.9 Å². The monoisotopic (exact) mass is 325 g/mol. The zero-order chi connectivity index (χ0) is 15.7. The Balaban J connectivity index is 1.71. The van der Waals surface area contributed by atoms with Crippen LogP contribution in [0.25, 0.3) is 0 Å². The number of urea groups is 1. The summed E-state index contributed by atoms with van der Waals surface area (Å²) < 4.78 is 0. The summed E-state index contributed by atoms with van der Waals surface area (Å²) in [7, 11) is 0. The van der Waals surface area contributed by atoms with Crippen molar-refractivity contribution >= 4 is 29.6 Å². The van der Waals surface area contributed by atoms with Crippen molar-refractivity contribution < 1.29 is 14.4 Å². The first kappa shape index (κ1) is 15.6. The van der Waals surface area contributed by atoms with Gasteiger partial charge in [-0.2, -0.15) is 11.8 Å². The largest absolute Gasteiger partial charge is 0.338 e. The molecule has 2 saturated heterocycles. The van der Waals surface area contributed by atoms with Crippen molar-refractivity contribution in [2.24, 2.45) is 0 Å².